The van der Waals surface area contributed by atoms with Crippen LogP contribution in [0.15, 0.2) is 41.0 Å². The van der Waals surface area contributed by atoms with Gasteiger partial charge in [0.25, 0.3) is 0 Å². The number of anilines is 2. The average Bonchev–Trinajstić information content (AvgIpc) is 3.29. The minimum absolute atomic E-state index is 0.0953. The van der Waals surface area contributed by atoms with Crippen molar-refractivity contribution in [2.75, 3.05) is 10.6 Å². The van der Waals surface area contributed by atoms with Crippen LogP contribution in [0.2, 0.25) is 0 Å². The lowest BCUT2D eigenvalue weighted by Crippen LogP contribution is -2.22. The number of hydrogen-bond acceptors (Lipinski definition) is 7. The van der Waals surface area contributed by atoms with Crippen LogP contribution in [-0.2, 0) is 23.1 Å². The van der Waals surface area contributed by atoms with Crippen LogP contribution >= 0.6 is 23.1 Å². The Balaban J connectivity index is 1.59. The van der Waals surface area contributed by atoms with E-state index in [0.717, 1.165) is 11.3 Å². The number of carbonyl (C=O) groups excluding carboxylic acids is 2. The number of nitrogens with zero attached hydrogens (tertiary/aromatic N) is 4. The lowest BCUT2D eigenvalue weighted by Gasteiger charge is -2.10. The van der Waals surface area contributed by atoms with E-state index in [1.54, 1.807) is 30.1 Å². The van der Waals surface area contributed by atoms with Crippen LogP contribution in [0.3, 0.4) is 0 Å². The van der Waals surface area contributed by atoms with Gasteiger partial charge in [-0.25, -0.2) is 4.98 Å². The van der Waals surface area contributed by atoms with Gasteiger partial charge < -0.3 is 15.2 Å². The van der Waals surface area contributed by atoms with Gasteiger partial charge in [0, 0.05) is 24.3 Å². The van der Waals surface area contributed by atoms with E-state index in [9.17, 15) is 9.59 Å². The molecule has 0 radical (unpaired) electrons. The molecule has 2 N–H and O–H groups in total. The molecule has 0 aliphatic carbocycles. The van der Waals surface area contributed by atoms with E-state index in [1.807, 2.05) is 31.2 Å². The number of aryl methyl sites for hydroxylation is 1. The number of nitrogens with one attached hydrogen (secondary N) is 2. The number of aromatic nitrogens is 4. The zero-order chi connectivity index (χ0) is 20.1. The molecule has 146 valence electrons. The second kappa shape index (κ2) is 8.98. The fourth-order valence-corrected chi connectivity index (χ4v) is 3.72. The number of para-hydroxylation sites is 1. The number of thioether (sulfide) groups is 1. The summed E-state index contributed by atoms with van der Waals surface area (Å²) in [5, 5.41) is 16.4. The molecule has 10 heteroatoms. The van der Waals surface area contributed by atoms with E-state index in [0.29, 0.717) is 16.1 Å². The highest BCUT2D eigenvalue weighted by Gasteiger charge is 2.20. The van der Waals surface area contributed by atoms with Gasteiger partial charge in [-0.3, -0.25) is 9.59 Å². The number of hydrogen-bond donors (Lipinski definition) is 2. The summed E-state index contributed by atoms with van der Waals surface area (Å²) in [5.74, 6) is 0.193. The minimum Gasteiger partial charge on any atom is -0.325 e. The zero-order valence-corrected chi connectivity index (χ0v) is 17.3. The van der Waals surface area contributed by atoms with Crippen LogP contribution in [0.4, 0.5) is 10.8 Å². The van der Waals surface area contributed by atoms with Gasteiger partial charge in [-0.1, -0.05) is 30.0 Å². The van der Waals surface area contributed by atoms with Crippen molar-refractivity contribution in [1.82, 2.24) is 19.7 Å². The number of carbonyl (C=O) groups is 2. The molecular weight excluding hydrogens is 396 g/mol. The number of benzene rings is 1. The van der Waals surface area contributed by atoms with Crippen molar-refractivity contribution in [2.24, 2.45) is 7.05 Å². The van der Waals surface area contributed by atoms with Gasteiger partial charge in [0.2, 0.25) is 11.8 Å². The van der Waals surface area contributed by atoms with Crippen LogP contribution in [0.25, 0.3) is 0 Å². The SMILES string of the molecule is Cc1ccccc1NC(=O)Cc1nnc(SC(C)C(=O)Nc2nccs2)n1C. The third kappa shape index (κ3) is 4.96. The van der Waals surface area contributed by atoms with Crippen LogP contribution in [0, 0.1) is 6.92 Å². The number of rotatable bonds is 7. The molecule has 28 heavy (non-hydrogen) atoms. The summed E-state index contributed by atoms with van der Waals surface area (Å²) in [4.78, 5) is 28.6. The Morgan fingerprint density at radius 1 is 1.25 bits per heavy atom. The molecule has 0 bridgehead atoms. The molecule has 3 aromatic rings. The molecule has 0 aliphatic rings. The molecule has 0 aliphatic heterocycles. The molecule has 1 aromatic carbocycles. The fourth-order valence-electron chi connectivity index (χ4n) is 2.36. The van der Waals surface area contributed by atoms with Crippen LogP contribution < -0.4 is 10.6 Å². The van der Waals surface area contributed by atoms with Crippen molar-refractivity contribution in [1.29, 1.82) is 0 Å². The lowest BCUT2D eigenvalue weighted by atomic mass is 10.2. The summed E-state index contributed by atoms with van der Waals surface area (Å²) >= 11 is 2.64. The molecule has 0 fully saturated rings. The van der Waals surface area contributed by atoms with Crippen molar-refractivity contribution in [3.05, 3.63) is 47.2 Å². The maximum Gasteiger partial charge on any atom is 0.239 e. The molecule has 0 saturated heterocycles. The standard InChI is InChI=1S/C18H20N6O2S2/c1-11-6-4-5-7-13(11)20-15(25)10-14-22-23-18(24(14)3)28-12(2)16(26)21-17-19-8-9-27-17/h4-9,12H,10H2,1-3H3,(H,20,25)(H,19,21,26). The van der Waals surface area contributed by atoms with Gasteiger partial charge >= 0.3 is 0 Å². The molecule has 0 spiro atoms. The average molecular weight is 417 g/mol. The monoisotopic (exact) mass is 416 g/mol. The molecule has 3 rings (SSSR count). The van der Waals surface area contributed by atoms with Crippen LogP contribution in [0.5, 0.6) is 0 Å². The maximum absolute atomic E-state index is 12.3. The van der Waals surface area contributed by atoms with Crippen molar-refractivity contribution in [3.8, 4) is 0 Å². The Morgan fingerprint density at radius 3 is 2.75 bits per heavy atom. The first-order chi connectivity index (χ1) is 13.4. The Morgan fingerprint density at radius 2 is 2.04 bits per heavy atom. The molecule has 2 amide bonds. The Bertz CT molecular complexity index is 970. The van der Waals surface area contributed by atoms with E-state index < -0.39 is 0 Å². The predicted octanol–water partition coefficient (Wildman–Crippen LogP) is 2.88. The second-order valence-electron chi connectivity index (χ2n) is 6.08. The second-order valence-corrected chi connectivity index (χ2v) is 8.29. The van der Waals surface area contributed by atoms with Gasteiger partial charge in [-0.05, 0) is 25.5 Å². The van der Waals surface area contributed by atoms with Crippen molar-refractivity contribution < 1.29 is 9.59 Å². The number of amides is 2. The normalized spacial score (nSPS) is 11.8. The highest BCUT2D eigenvalue weighted by Crippen LogP contribution is 2.23. The quantitative estimate of drug-likeness (QED) is 0.574. The highest BCUT2D eigenvalue weighted by atomic mass is 32.2. The molecule has 8 nitrogen and oxygen atoms in total. The molecule has 2 heterocycles. The lowest BCUT2D eigenvalue weighted by molar-refractivity contribution is -0.116. The molecular formula is C18H20N6O2S2. The van der Waals surface area contributed by atoms with Crippen molar-refractivity contribution in [3.63, 3.8) is 0 Å². The van der Waals surface area contributed by atoms with E-state index in [-0.39, 0.29) is 23.5 Å². The predicted molar refractivity (Wildman–Crippen MR) is 111 cm³/mol. The summed E-state index contributed by atoms with van der Waals surface area (Å²) in [5.41, 5.74) is 1.77. The molecule has 0 saturated carbocycles. The Hall–Kier alpha value is -2.72. The summed E-state index contributed by atoms with van der Waals surface area (Å²) in [7, 11) is 1.78. The highest BCUT2D eigenvalue weighted by molar-refractivity contribution is 8.00. The van der Waals surface area contributed by atoms with E-state index in [1.165, 1.54) is 23.1 Å². The minimum atomic E-state index is -0.388. The topological polar surface area (TPSA) is 102 Å². The Labute approximate surface area is 170 Å². The first kappa shape index (κ1) is 20.0. The van der Waals surface area contributed by atoms with Crippen LogP contribution in [-0.4, -0.2) is 36.8 Å². The van der Waals surface area contributed by atoms with Crippen LogP contribution in [0.1, 0.15) is 18.3 Å². The van der Waals surface area contributed by atoms with Gasteiger partial charge in [-0.15, -0.1) is 21.5 Å². The summed E-state index contributed by atoms with van der Waals surface area (Å²) in [6.45, 7) is 3.72. The van der Waals surface area contributed by atoms with Gasteiger partial charge in [0.1, 0.15) is 5.82 Å². The first-order valence-electron chi connectivity index (χ1n) is 8.55. The molecule has 1 unspecified atom stereocenters. The van der Waals surface area contributed by atoms with Gasteiger partial charge in [-0.2, -0.15) is 0 Å². The summed E-state index contributed by atoms with van der Waals surface area (Å²) < 4.78 is 1.73. The van der Waals surface area contributed by atoms with E-state index in [4.69, 9.17) is 0 Å². The van der Waals surface area contributed by atoms with E-state index >= 15 is 0 Å². The smallest absolute Gasteiger partial charge is 0.239 e. The largest absolute Gasteiger partial charge is 0.325 e. The van der Waals surface area contributed by atoms with Crippen molar-refractivity contribution in [2.45, 2.75) is 30.7 Å². The van der Waals surface area contributed by atoms with E-state index in [2.05, 4.69) is 25.8 Å². The maximum atomic E-state index is 12.3. The third-order valence-corrected chi connectivity index (χ3v) is 5.80. The molecule has 2 aromatic heterocycles. The summed E-state index contributed by atoms with van der Waals surface area (Å²) in [6, 6.07) is 7.58. The third-order valence-electron chi connectivity index (χ3n) is 3.98. The van der Waals surface area contributed by atoms with Crippen molar-refractivity contribution >= 4 is 45.7 Å². The summed E-state index contributed by atoms with van der Waals surface area (Å²) in [6.07, 6.45) is 1.73. The van der Waals surface area contributed by atoms with Gasteiger partial charge in [0.05, 0.1) is 11.7 Å². The molecule has 1 atom stereocenters. The number of thiazole rings is 1. The Kier molecular flexibility index (Phi) is 6.42. The first-order valence-corrected chi connectivity index (χ1v) is 10.3. The zero-order valence-electron chi connectivity index (χ0n) is 15.7. The fraction of sp³-hybridized carbons (Fsp3) is 0.278. The van der Waals surface area contributed by atoms with Gasteiger partial charge in [0.15, 0.2) is 10.3 Å².